The fraction of sp³-hybridized carbons (Fsp3) is 0.286. The zero-order valence-corrected chi connectivity index (χ0v) is 11.9. The predicted octanol–water partition coefficient (Wildman–Crippen LogP) is 4.05. The molecule has 0 saturated heterocycles. The third kappa shape index (κ3) is 2.49. The topological polar surface area (TPSA) is 25.2 Å². The molecule has 18 heavy (non-hydrogen) atoms. The molecule has 1 heterocycles. The number of hydrogen-bond donors (Lipinski definition) is 1. The van der Waals surface area contributed by atoms with Crippen LogP contribution in [0.5, 0.6) is 0 Å². The highest BCUT2D eigenvalue weighted by Crippen LogP contribution is 2.28. The average Bonchev–Trinajstić information content (AvgIpc) is 2.83. The van der Waals surface area contributed by atoms with Gasteiger partial charge in [-0.05, 0) is 46.7 Å². The van der Waals surface area contributed by atoms with E-state index in [-0.39, 0.29) is 11.9 Å². The molecule has 0 spiro atoms. The lowest BCUT2D eigenvalue weighted by Gasteiger charge is -2.17. The second-order valence-electron chi connectivity index (χ2n) is 4.05. The number of rotatable bonds is 4. The van der Waals surface area contributed by atoms with Crippen molar-refractivity contribution >= 4 is 15.9 Å². The van der Waals surface area contributed by atoms with Crippen molar-refractivity contribution in [2.45, 2.75) is 19.4 Å². The first-order valence-electron chi connectivity index (χ1n) is 5.85. The molecule has 0 aliphatic heterocycles. The van der Waals surface area contributed by atoms with Crippen LogP contribution in [-0.2, 0) is 6.42 Å². The largest absolute Gasteiger partial charge is 0.469 e. The SMILES string of the molecule is CCc1occc1C(NC)c1ccc(F)c(Br)c1. The summed E-state index contributed by atoms with van der Waals surface area (Å²) >= 11 is 3.22. The molecule has 2 nitrogen and oxygen atoms in total. The molecule has 1 aromatic heterocycles. The van der Waals surface area contributed by atoms with E-state index in [9.17, 15) is 4.39 Å². The third-order valence-electron chi connectivity index (χ3n) is 2.98. The van der Waals surface area contributed by atoms with Gasteiger partial charge in [-0.2, -0.15) is 0 Å². The van der Waals surface area contributed by atoms with E-state index in [2.05, 4.69) is 28.2 Å². The Morgan fingerprint density at radius 1 is 1.39 bits per heavy atom. The summed E-state index contributed by atoms with van der Waals surface area (Å²) in [6.07, 6.45) is 2.53. The van der Waals surface area contributed by atoms with Crippen LogP contribution in [0.3, 0.4) is 0 Å². The lowest BCUT2D eigenvalue weighted by atomic mass is 9.98. The third-order valence-corrected chi connectivity index (χ3v) is 3.59. The Bertz CT molecular complexity index is 538. The van der Waals surface area contributed by atoms with Gasteiger partial charge in [-0.25, -0.2) is 4.39 Å². The Morgan fingerprint density at radius 3 is 2.78 bits per heavy atom. The number of hydrogen-bond acceptors (Lipinski definition) is 2. The molecule has 1 unspecified atom stereocenters. The van der Waals surface area contributed by atoms with Gasteiger partial charge in [0.05, 0.1) is 16.8 Å². The Morgan fingerprint density at radius 2 is 2.17 bits per heavy atom. The summed E-state index contributed by atoms with van der Waals surface area (Å²) in [7, 11) is 1.88. The van der Waals surface area contributed by atoms with Crippen LogP contribution >= 0.6 is 15.9 Å². The van der Waals surface area contributed by atoms with Crippen molar-refractivity contribution in [2.24, 2.45) is 0 Å². The van der Waals surface area contributed by atoms with Crippen LogP contribution in [0.15, 0.2) is 39.4 Å². The quantitative estimate of drug-likeness (QED) is 0.921. The van der Waals surface area contributed by atoms with Crippen LogP contribution in [0.2, 0.25) is 0 Å². The van der Waals surface area contributed by atoms with E-state index in [1.807, 2.05) is 13.1 Å². The number of furan rings is 1. The van der Waals surface area contributed by atoms with Crippen LogP contribution in [0.25, 0.3) is 0 Å². The van der Waals surface area contributed by atoms with Gasteiger partial charge in [0.25, 0.3) is 0 Å². The molecule has 2 aromatic rings. The van der Waals surface area contributed by atoms with Gasteiger partial charge in [0.1, 0.15) is 11.6 Å². The maximum Gasteiger partial charge on any atom is 0.137 e. The highest BCUT2D eigenvalue weighted by molar-refractivity contribution is 9.10. The second-order valence-corrected chi connectivity index (χ2v) is 4.90. The van der Waals surface area contributed by atoms with Crippen LogP contribution in [-0.4, -0.2) is 7.05 Å². The van der Waals surface area contributed by atoms with Crippen LogP contribution in [0, 0.1) is 5.82 Å². The van der Waals surface area contributed by atoms with Gasteiger partial charge in [-0.15, -0.1) is 0 Å². The van der Waals surface area contributed by atoms with Crippen LogP contribution in [0.1, 0.15) is 29.9 Å². The minimum atomic E-state index is -0.253. The van der Waals surface area contributed by atoms with Gasteiger partial charge in [0.15, 0.2) is 0 Å². The minimum Gasteiger partial charge on any atom is -0.469 e. The first-order chi connectivity index (χ1) is 8.67. The molecule has 1 aromatic carbocycles. The van der Waals surface area contributed by atoms with Crippen molar-refractivity contribution in [2.75, 3.05) is 7.05 Å². The summed E-state index contributed by atoms with van der Waals surface area (Å²) in [6, 6.07) is 7.01. The normalized spacial score (nSPS) is 12.7. The van der Waals surface area contributed by atoms with Crippen LogP contribution < -0.4 is 5.32 Å². The number of aryl methyl sites for hydroxylation is 1. The predicted molar refractivity (Wildman–Crippen MR) is 73.1 cm³/mol. The highest BCUT2D eigenvalue weighted by Gasteiger charge is 2.18. The van der Waals surface area contributed by atoms with Gasteiger partial charge in [0, 0.05) is 12.0 Å². The maximum absolute atomic E-state index is 13.3. The summed E-state index contributed by atoms with van der Waals surface area (Å²) < 4.78 is 19.2. The fourth-order valence-electron chi connectivity index (χ4n) is 2.09. The zero-order chi connectivity index (χ0) is 13.1. The molecule has 4 heteroatoms. The molecular formula is C14H15BrFNO. The smallest absolute Gasteiger partial charge is 0.137 e. The van der Waals surface area contributed by atoms with Gasteiger partial charge < -0.3 is 9.73 Å². The van der Waals surface area contributed by atoms with Crippen molar-refractivity contribution < 1.29 is 8.81 Å². The van der Waals surface area contributed by atoms with E-state index in [0.29, 0.717) is 4.47 Å². The van der Waals surface area contributed by atoms with Gasteiger partial charge in [0.2, 0.25) is 0 Å². The Labute approximate surface area is 114 Å². The second kappa shape index (κ2) is 5.67. The maximum atomic E-state index is 13.3. The minimum absolute atomic E-state index is 0.00981. The summed E-state index contributed by atoms with van der Waals surface area (Å²) in [5.74, 6) is 0.700. The summed E-state index contributed by atoms with van der Waals surface area (Å²) in [4.78, 5) is 0. The zero-order valence-electron chi connectivity index (χ0n) is 10.3. The van der Waals surface area contributed by atoms with Gasteiger partial charge in [-0.3, -0.25) is 0 Å². The van der Waals surface area contributed by atoms with Crippen molar-refractivity contribution in [3.05, 3.63) is 57.7 Å². The van der Waals surface area contributed by atoms with Crippen LogP contribution in [0.4, 0.5) is 4.39 Å². The monoisotopic (exact) mass is 311 g/mol. The highest BCUT2D eigenvalue weighted by atomic mass is 79.9. The van der Waals surface area contributed by atoms with E-state index >= 15 is 0 Å². The molecule has 0 bridgehead atoms. The molecule has 0 aliphatic carbocycles. The van der Waals surface area contributed by atoms with Crippen molar-refractivity contribution in [3.8, 4) is 0 Å². The molecule has 1 atom stereocenters. The lowest BCUT2D eigenvalue weighted by molar-refractivity contribution is 0.504. The molecule has 0 saturated carbocycles. The van der Waals surface area contributed by atoms with Crippen molar-refractivity contribution in [1.29, 1.82) is 0 Å². The van der Waals surface area contributed by atoms with E-state index < -0.39 is 0 Å². The molecule has 2 rings (SSSR count). The van der Waals surface area contributed by atoms with E-state index in [4.69, 9.17) is 4.42 Å². The Balaban J connectivity index is 2.42. The van der Waals surface area contributed by atoms with E-state index in [1.165, 1.54) is 6.07 Å². The molecule has 0 radical (unpaired) electrons. The Kier molecular flexibility index (Phi) is 4.19. The van der Waals surface area contributed by atoms with E-state index in [1.54, 1.807) is 18.4 Å². The molecule has 96 valence electrons. The number of halogens is 2. The van der Waals surface area contributed by atoms with Gasteiger partial charge in [-0.1, -0.05) is 13.0 Å². The van der Waals surface area contributed by atoms with Crippen molar-refractivity contribution in [1.82, 2.24) is 5.32 Å². The molecule has 0 amide bonds. The first kappa shape index (κ1) is 13.3. The average molecular weight is 312 g/mol. The molecule has 0 aliphatic rings. The molecular weight excluding hydrogens is 297 g/mol. The lowest BCUT2D eigenvalue weighted by Crippen LogP contribution is -2.18. The molecule has 0 fully saturated rings. The van der Waals surface area contributed by atoms with E-state index in [0.717, 1.165) is 23.3 Å². The first-order valence-corrected chi connectivity index (χ1v) is 6.65. The standard InChI is InChI=1S/C14H15BrFNO/c1-3-13-10(6-7-18-13)14(17-2)9-4-5-12(16)11(15)8-9/h4-8,14,17H,3H2,1-2H3. The number of benzene rings is 1. The Hall–Kier alpha value is -1.13. The summed E-state index contributed by atoms with van der Waals surface area (Å²) in [5.41, 5.74) is 2.10. The number of nitrogens with one attached hydrogen (secondary N) is 1. The van der Waals surface area contributed by atoms with Gasteiger partial charge >= 0.3 is 0 Å². The summed E-state index contributed by atoms with van der Waals surface area (Å²) in [5, 5.41) is 3.24. The fourth-order valence-corrected chi connectivity index (χ4v) is 2.49. The molecule has 1 N–H and O–H groups in total. The van der Waals surface area contributed by atoms with Crippen molar-refractivity contribution in [3.63, 3.8) is 0 Å². The summed E-state index contributed by atoms with van der Waals surface area (Å²) in [6.45, 7) is 2.05.